The lowest BCUT2D eigenvalue weighted by atomic mass is 9.93. The zero-order chi connectivity index (χ0) is 15.6. The second-order valence-electron chi connectivity index (χ2n) is 7.14. The van der Waals surface area contributed by atoms with Crippen LogP contribution in [0.2, 0.25) is 0 Å². The summed E-state index contributed by atoms with van der Waals surface area (Å²) in [5.41, 5.74) is 0.531. The Morgan fingerprint density at radius 1 is 1.33 bits per heavy atom. The van der Waals surface area contributed by atoms with Crippen molar-refractivity contribution in [2.45, 2.75) is 52.2 Å². The molecule has 118 valence electrons. The molecule has 0 spiro atoms. The fourth-order valence-corrected chi connectivity index (χ4v) is 2.94. The van der Waals surface area contributed by atoms with Gasteiger partial charge in [-0.1, -0.05) is 19.9 Å². The first-order chi connectivity index (χ1) is 9.78. The van der Waals surface area contributed by atoms with Crippen LogP contribution in [0.25, 0.3) is 0 Å². The van der Waals surface area contributed by atoms with Gasteiger partial charge in [0.25, 0.3) is 0 Å². The first kappa shape index (κ1) is 16.4. The van der Waals surface area contributed by atoms with E-state index in [1.54, 1.807) is 6.07 Å². The monoisotopic (exact) mass is 296 g/mol. The van der Waals surface area contributed by atoms with E-state index in [0.717, 1.165) is 25.6 Å². The number of nitrogens with one attached hydrogen (secondary N) is 1. The fraction of sp³-hybridized carbons (Fsp3) is 0.647. The number of hydrogen-bond donors (Lipinski definition) is 1. The minimum Gasteiger partial charge on any atom is -0.311 e. The van der Waals surface area contributed by atoms with Gasteiger partial charge in [-0.3, -0.25) is 4.90 Å². The van der Waals surface area contributed by atoms with Crippen LogP contribution in [0.3, 0.4) is 0 Å². The Morgan fingerprint density at radius 3 is 2.67 bits per heavy atom. The molecule has 1 aliphatic heterocycles. The maximum atomic E-state index is 13.9. The third kappa shape index (κ3) is 4.24. The summed E-state index contributed by atoms with van der Waals surface area (Å²) in [7, 11) is 0. The van der Waals surface area contributed by atoms with Crippen molar-refractivity contribution in [3.63, 3.8) is 0 Å². The van der Waals surface area contributed by atoms with Crippen LogP contribution >= 0.6 is 0 Å². The minimum absolute atomic E-state index is 0.0334. The molecule has 0 aliphatic carbocycles. The van der Waals surface area contributed by atoms with E-state index in [2.05, 4.69) is 37.9 Å². The molecular formula is C17H26F2N2. The lowest BCUT2D eigenvalue weighted by Crippen LogP contribution is -2.61. The molecule has 4 heteroatoms. The molecule has 1 aromatic carbocycles. The van der Waals surface area contributed by atoms with E-state index in [9.17, 15) is 8.78 Å². The molecule has 21 heavy (non-hydrogen) atoms. The molecule has 0 bridgehead atoms. The summed E-state index contributed by atoms with van der Waals surface area (Å²) in [6.45, 7) is 11.0. The van der Waals surface area contributed by atoms with E-state index in [-0.39, 0.29) is 5.54 Å². The van der Waals surface area contributed by atoms with Crippen LogP contribution < -0.4 is 5.32 Å². The van der Waals surface area contributed by atoms with Crippen LogP contribution in [0.4, 0.5) is 8.78 Å². The molecule has 0 amide bonds. The van der Waals surface area contributed by atoms with Crippen LogP contribution in [0.1, 0.15) is 39.7 Å². The molecule has 1 unspecified atom stereocenters. The Kier molecular flexibility index (Phi) is 4.99. The van der Waals surface area contributed by atoms with Crippen molar-refractivity contribution in [1.29, 1.82) is 0 Å². The van der Waals surface area contributed by atoms with Crippen LogP contribution in [0.5, 0.6) is 0 Å². The standard InChI is InChI=1S/C17H26F2N2/c1-12(2)7-15-10-21(17(3,4)11-20-15)9-13-5-6-14(18)8-16(13)19/h5-6,8,12,15,20H,7,9-11H2,1-4H3. The van der Waals surface area contributed by atoms with Crippen LogP contribution in [0.15, 0.2) is 18.2 Å². The van der Waals surface area contributed by atoms with Gasteiger partial charge in [-0.25, -0.2) is 8.78 Å². The average molecular weight is 296 g/mol. The SMILES string of the molecule is CC(C)CC1CN(Cc2ccc(F)cc2F)C(C)(C)CN1. The smallest absolute Gasteiger partial charge is 0.130 e. The topological polar surface area (TPSA) is 15.3 Å². The van der Waals surface area contributed by atoms with E-state index in [4.69, 9.17) is 0 Å². The molecule has 0 aromatic heterocycles. The van der Waals surface area contributed by atoms with Crippen molar-refractivity contribution in [2.75, 3.05) is 13.1 Å². The molecule has 0 saturated carbocycles. The average Bonchev–Trinajstić information content (AvgIpc) is 2.36. The molecule has 1 aromatic rings. The van der Waals surface area contributed by atoms with Crippen molar-refractivity contribution < 1.29 is 8.78 Å². The quantitative estimate of drug-likeness (QED) is 0.914. The van der Waals surface area contributed by atoms with E-state index >= 15 is 0 Å². The number of piperazine rings is 1. The van der Waals surface area contributed by atoms with Crippen molar-refractivity contribution in [3.8, 4) is 0 Å². The normalized spacial score (nSPS) is 22.7. The van der Waals surface area contributed by atoms with E-state index in [0.29, 0.717) is 24.1 Å². The highest BCUT2D eigenvalue weighted by molar-refractivity contribution is 5.19. The lowest BCUT2D eigenvalue weighted by Gasteiger charge is -2.46. The molecule has 1 fully saturated rings. The van der Waals surface area contributed by atoms with Crippen molar-refractivity contribution >= 4 is 0 Å². The molecule has 1 aliphatic rings. The van der Waals surface area contributed by atoms with Gasteiger partial charge in [0.05, 0.1) is 0 Å². The zero-order valence-electron chi connectivity index (χ0n) is 13.4. The highest BCUT2D eigenvalue weighted by atomic mass is 19.1. The lowest BCUT2D eigenvalue weighted by molar-refractivity contribution is 0.0526. The van der Waals surface area contributed by atoms with E-state index in [1.165, 1.54) is 6.07 Å². The Morgan fingerprint density at radius 2 is 2.05 bits per heavy atom. The van der Waals surface area contributed by atoms with Crippen molar-refractivity contribution in [1.82, 2.24) is 10.2 Å². The zero-order valence-corrected chi connectivity index (χ0v) is 13.4. The minimum atomic E-state index is -0.520. The number of hydrogen-bond acceptors (Lipinski definition) is 2. The van der Waals surface area contributed by atoms with Crippen LogP contribution in [-0.2, 0) is 6.54 Å². The predicted molar refractivity (Wildman–Crippen MR) is 82.1 cm³/mol. The highest BCUT2D eigenvalue weighted by Crippen LogP contribution is 2.24. The summed E-state index contributed by atoms with van der Waals surface area (Å²) in [6.07, 6.45) is 1.11. The largest absolute Gasteiger partial charge is 0.311 e. The molecule has 1 heterocycles. The summed E-state index contributed by atoms with van der Waals surface area (Å²) in [5, 5.41) is 3.58. The third-order valence-corrected chi connectivity index (χ3v) is 4.25. The van der Waals surface area contributed by atoms with Gasteiger partial charge in [-0.15, -0.1) is 0 Å². The maximum absolute atomic E-state index is 13.9. The maximum Gasteiger partial charge on any atom is 0.130 e. The fourth-order valence-electron chi connectivity index (χ4n) is 2.94. The first-order valence-corrected chi connectivity index (χ1v) is 7.70. The Balaban J connectivity index is 2.10. The van der Waals surface area contributed by atoms with Gasteiger partial charge in [0.2, 0.25) is 0 Å². The van der Waals surface area contributed by atoms with Crippen LogP contribution in [0, 0.1) is 17.6 Å². The molecule has 1 N–H and O–H groups in total. The summed E-state index contributed by atoms with van der Waals surface area (Å²) in [6, 6.07) is 4.29. The van der Waals surface area contributed by atoms with E-state index < -0.39 is 11.6 Å². The summed E-state index contributed by atoms with van der Waals surface area (Å²) < 4.78 is 26.9. The molecule has 2 rings (SSSR count). The van der Waals surface area contributed by atoms with Gasteiger partial charge in [0, 0.05) is 42.8 Å². The number of rotatable bonds is 4. The number of benzene rings is 1. The predicted octanol–water partition coefficient (Wildman–Crippen LogP) is 3.56. The Bertz CT molecular complexity index is 486. The number of halogens is 2. The van der Waals surface area contributed by atoms with Gasteiger partial charge in [-0.2, -0.15) is 0 Å². The van der Waals surface area contributed by atoms with Crippen LogP contribution in [-0.4, -0.2) is 29.6 Å². The van der Waals surface area contributed by atoms with Gasteiger partial charge in [0.1, 0.15) is 11.6 Å². The third-order valence-electron chi connectivity index (χ3n) is 4.25. The second-order valence-corrected chi connectivity index (χ2v) is 7.14. The van der Waals surface area contributed by atoms with Gasteiger partial charge >= 0.3 is 0 Å². The van der Waals surface area contributed by atoms with Gasteiger partial charge in [-0.05, 0) is 32.3 Å². The van der Waals surface area contributed by atoms with E-state index in [1.807, 2.05) is 0 Å². The molecule has 2 nitrogen and oxygen atoms in total. The van der Waals surface area contributed by atoms with Crippen molar-refractivity contribution in [2.24, 2.45) is 5.92 Å². The van der Waals surface area contributed by atoms with Gasteiger partial charge < -0.3 is 5.32 Å². The Hall–Kier alpha value is -1.00. The molecule has 1 saturated heterocycles. The molecule has 1 atom stereocenters. The Labute approximate surface area is 126 Å². The van der Waals surface area contributed by atoms with Crippen molar-refractivity contribution in [3.05, 3.63) is 35.4 Å². The summed E-state index contributed by atoms with van der Waals surface area (Å²) in [5.74, 6) is -0.341. The summed E-state index contributed by atoms with van der Waals surface area (Å²) in [4.78, 5) is 2.30. The molecule has 0 radical (unpaired) electrons. The summed E-state index contributed by atoms with van der Waals surface area (Å²) >= 11 is 0. The first-order valence-electron chi connectivity index (χ1n) is 7.70. The van der Waals surface area contributed by atoms with Gasteiger partial charge in [0.15, 0.2) is 0 Å². The number of nitrogens with zero attached hydrogens (tertiary/aromatic N) is 1. The molecular weight excluding hydrogens is 270 g/mol. The highest BCUT2D eigenvalue weighted by Gasteiger charge is 2.34. The second kappa shape index (κ2) is 6.41.